The SMILES string of the molecule is CCOC(=O)COc1nc(NCC2(N(C)C)CCC2)c2cnc(-c3cccc4cccc(Cl)c34)c(F)c2n1. The van der Waals surface area contributed by atoms with Gasteiger partial charge in [-0.05, 0) is 51.7 Å². The highest BCUT2D eigenvalue weighted by atomic mass is 35.5. The van der Waals surface area contributed by atoms with E-state index >= 15 is 4.39 Å². The lowest BCUT2D eigenvalue weighted by Gasteiger charge is -2.47. The van der Waals surface area contributed by atoms with Crippen molar-refractivity contribution < 1.29 is 18.7 Å². The van der Waals surface area contributed by atoms with Crippen LogP contribution in [-0.4, -0.2) is 65.2 Å². The van der Waals surface area contributed by atoms with Gasteiger partial charge < -0.3 is 19.7 Å². The van der Waals surface area contributed by atoms with E-state index in [0.29, 0.717) is 33.7 Å². The smallest absolute Gasteiger partial charge is 0.344 e. The quantitative estimate of drug-likeness (QED) is 0.281. The van der Waals surface area contributed by atoms with Crippen molar-refractivity contribution in [3.05, 3.63) is 53.4 Å². The highest BCUT2D eigenvalue weighted by Gasteiger charge is 2.39. The molecule has 8 nitrogen and oxygen atoms in total. The molecule has 1 fully saturated rings. The molecule has 0 aliphatic heterocycles. The Kier molecular flexibility index (Phi) is 7.32. The van der Waals surface area contributed by atoms with Crippen LogP contribution in [0.5, 0.6) is 6.01 Å². The van der Waals surface area contributed by atoms with Crippen LogP contribution in [0.4, 0.5) is 10.2 Å². The molecule has 10 heteroatoms. The molecule has 1 N–H and O–H groups in total. The van der Waals surface area contributed by atoms with E-state index < -0.39 is 11.8 Å². The van der Waals surface area contributed by atoms with Crippen molar-refractivity contribution >= 4 is 45.1 Å². The Hall–Kier alpha value is -3.56. The number of benzene rings is 2. The van der Waals surface area contributed by atoms with Crippen molar-refractivity contribution in [1.82, 2.24) is 19.9 Å². The second-order valence-electron chi connectivity index (χ2n) is 9.60. The highest BCUT2D eigenvalue weighted by molar-refractivity contribution is 6.36. The van der Waals surface area contributed by atoms with Gasteiger partial charge in [0.1, 0.15) is 17.0 Å². The molecule has 0 atom stereocenters. The zero-order valence-corrected chi connectivity index (χ0v) is 22.3. The average Bonchev–Trinajstić information content (AvgIpc) is 2.87. The van der Waals surface area contributed by atoms with E-state index in [4.69, 9.17) is 21.1 Å². The molecule has 0 amide bonds. The topological polar surface area (TPSA) is 89.5 Å². The molecule has 4 aromatic rings. The van der Waals surface area contributed by atoms with Gasteiger partial charge in [0.2, 0.25) is 0 Å². The van der Waals surface area contributed by atoms with Crippen LogP contribution in [0.15, 0.2) is 42.6 Å². The van der Waals surface area contributed by atoms with E-state index in [1.807, 2.05) is 24.3 Å². The molecule has 198 valence electrons. The van der Waals surface area contributed by atoms with Crippen LogP contribution in [0.3, 0.4) is 0 Å². The van der Waals surface area contributed by atoms with E-state index in [9.17, 15) is 4.79 Å². The van der Waals surface area contributed by atoms with Crippen LogP contribution < -0.4 is 10.1 Å². The standard InChI is InChI=1S/C28H29ClFN5O3/c1-4-37-21(36)15-38-27-33-25-19(26(34-27)32-16-28(35(2)3)12-7-13-28)14-31-24(23(25)30)18-10-5-8-17-9-6-11-20(29)22(17)18/h5-6,8-11,14H,4,7,12-13,15-16H2,1-3H3,(H,32,33,34). The summed E-state index contributed by atoms with van der Waals surface area (Å²) in [5.41, 5.74) is 0.675. The average molecular weight is 538 g/mol. The van der Waals surface area contributed by atoms with Crippen molar-refractivity contribution in [2.75, 3.05) is 39.2 Å². The van der Waals surface area contributed by atoms with E-state index in [1.54, 1.807) is 25.3 Å². The first kappa shape index (κ1) is 26.1. The van der Waals surface area contributed by atoms with E-state index in [-0.39, 0.29) is 36.0 Å². The summed E-state index contributed by atoms with van der Waals surface area (Å²) in [5, 5.41) is 5.85. The maximum atomic E-state index is 16.2. The predicted octanol–water partition coefficient (Wildman–Crippen LogP) is 5.48. The number of carbonyl (C=O) groups is 1. The van der Waals surface area contributed by atoms with Crippen molar-refractivity contribution in [3.63, 3.8) is 0 Å². The Balaban J connectivity index is 1.60. The van der Waals surface area contributed by atoms with Crippen LogP contribution in [0.1, 0.15) is 26.2 Å². The molecular weight excluding hydrogens is 509 g/mol. The minimum atomic E-state index is -0.632. The van der Waals surface area contributed by atoms with Crippen LogP contribution in [0.2, 0.25) is 5.02 Å². The van der Waals surface area contributed by atoms with Crippen LogP contribution in [0, 0.1) is 5.82 Å². The lowest BCUT2D eigenvalue weighted by Crippen LogP contribution is -2.54. The number of carbonyl (C=O) groups excluding carboxylic acids is 1. The Labute approximate surface area is 225 Å². The lowest BCUT2D eigenvalue weighted by molar-refractivity contribution is -0.145. The summed E-state index contributed by atoms with van der Waals surface area (Å²) < 4.78 is 26.7. The molecule has 38 heavy (non-hydrogen) atoms. The summed E-state index contributed by atoms with van der Waals surface area (Å²) in [7, 11) is 4.10. The fourth-order valence-corrected chi connectivity index (χ4v) is 5.14. The molecule has 0 unspecified atom stereocenters. The van der Waals surface area contributed by atoms with E-state index in [1.165, 1.54) is 0 Å². The van der Waals surface area contributed by atoms with E-state index in [2.05, 4.69) is 39.3 Å². The Morgan fingerprint density at radius 2 is 1.95 bits per heavy atom. The zero-order valence-electron chi connectivity index (χ0n) is 21.6. The molecule has 0 radical (unpaired) electrons. The summed E-state index contributed by atoms with van der Waals surface area (Å²) in [4.78, 5) is 27.4. The van der Waals surface area contributed by atoms with Crippen LogP contribution in [-0.2, 0) is 9.53 Å². The normalized spacial score (nSPS) is 14.5. The molecule has 1 aliphatic rings. The molecule has 2 heterocycles. The number of likely N-dealkylation sites (N-methyl/N-ethyl adjacent to an activating group) is 1. The number of halogens is 2. The van der Waals surface area contributed by atoms with Crippen LogP contribution >= 0.6 is 11.6 Å². The predicted molar refractivity (Wildman–Crippen MR) is 146 cm³/mol. The summed E-state index contributed by atoms with van der Waals surface area (Å²) in [6.07, 6.45) is 4.79. The fourth-order valence-electron chi connectivity index (χ4n) is 4.86. The number of pyridine rings is 1. The van der Waals surface area contributed by atoms with Gasteiger partial charge in [-0.25, -0.2) is 9.18 Å². The molecule has 1 saturated carbocycles. The van der Waals surface area contributed by atoms with Crippen molar-refractivity contribution in [2.45, 2.75) is 31.7 Å². The van der Waals surface area contributed by atoms with Gasteiger partial charge in [-0.2, -0.15) is 9.97 Å². The maximum Gasteiger partial charge on any atom is 0.344 e. The third-order valence-electron chi connectivity index (χ3n) is 7.21. The van der Waals surface area contributed by atoms with Gasteiger partial charge in [-0.15, -0.1) is 0 Å². The first-order valence-electron chi connectivity index (χ1n) is 12.6. The number of rotatable bonds is 9. The Bertz CT molecular complexity index is 1500. The number of hydrogen-bond acceptors (Lipinski definition) is 8. The Morgan fingerprint density at radius 3 is 2.63 bits per heavy atom. The third-order valence-corrected chi connectivity index (χ3v) is 7.53. The van der Waals surface area contributed by atoms with Crippen molar-refractivity contribution in [2.24, 2.45) is 0 Å². The van der Waals surface area contributed by atoms with Gasteiger partial charge in [0.15, 0.2) is 12.4 Å². The summed E-state index contributed by atoms with van der Waals surface area (Å²) in [6.45, 7) is 2.14. The molecule has 2 aromatic carbocycles. The monoisotopic (exact) mass is 537 g/mol. The minimum Gasteiger partial charge on any atom is -0.463 e. The number of hydrogen-bond donors (Lipinski definition) is 1. The zero-order chi connectivity index (χ0) is 26.9. The van der Waals surface area contributed by atoms with Crippen molar-refractivity contribution in [3.8, 4) is 17.3 Å². The van der Waals surface area contributed by atoms with Crippen molar-refractivity contribution in [1.29, 1.82) is 0 Å². The van der Waals surface area contributed by atoms with Gasteiger partial charge in [0, 0.05) is 34.3 Å². The second kappa shape index (κ2) is 10.7. The number of nitrogens with zero attached hydrogens (tertiary/aromatic N) is 4. The number of aromatic nitrogens is 3. The Morgan fingerprint density at radius 1 is 1.18 bits per heavy atom. The van der Waals surface area contributed by atoms with Gasteiger partial charge in [0.25, 0.3) is 0 Å². The first-order chi connectivity index (χ1) is 18.3. The van der Waals surface area contributed by atoms with Gasteiger partial charge >= 0.3 is 12.0 Å². The first-order valence-corrected chi connectivity index (χ1v) is 12.9. The number of esters is 1. The second-order valence-corrected chi connectivity index (χ2v) is 10.0. The fraction of sp³-hybridized carbons (Fsp3) is 0.357. The van der Waals surface area contributed by atoms with E-state index in [0.717, 1.165) is 24.6 Å². The van der Waals surface area contributed by atoms with Gasteiger partial charge in [0.05, 0.1) is 12.0 Å². The molecule has 0 saturated heterocycles. The lowest BCUT2D eigenvalue weighted by atomic mass is 9.75. The van der Waals surface area contributed by atoms with Gasteiger partial charge in [-0.1, -0.05) is 41.9 Å². The highest BCUT2D eigenvalue weighted by Crippen LogP contribution is 2.38. The molecule has 0 spiro atoms. The number of anilines is 1. The maximum absolute atomic E-state index is 16.2. The number of nitrogens with one attached hydrogen (secondary N) is 1. The molecule has 2 aromatic heterocycles. The number of fused-ring (bicyclic) bond motifs is 2. The molecular formula is C28H29ClFN5O3. The summed E-state index contributed by atoms with van der Waals surface area (Å²) in [6, 6.07) is 10.9. The summed E-state index contributed by atoms with van der Waals surface area (Å²) >= 11 is 6.50. The molecule has 1 aliphatic carbocycles. The summed E-state index contributed by atoms with van der Waals surface area (Å²) in [5.74, 6) is -0.809. The third kappa shape index (κ3) is 4.83. The van der Waals surface area contributed by atoms with Gasteiger partial charge in [-0.3, -0.25) is 4.98 Å². The molecule has 5 rings (SSSR count). The minimum absolute atomic E-state index is 0.0190. The molecule has 0 bridgehead atoms. The van der Waals surface area contributed by atoms with Crippen LogP contribution in [0.25, 0.3) is 32.9 Å². The number of ether oxygens (including phenoxy) is 2. The largest absolute Gasteiger partial charge is 0.463 e.